The molecule has 0 aliphatic rings. The number of hydrogen-bond donors (Lipinski definition) is 1. The zero-order valence-corrected chi connectivity index (χ0v) is 12.3. The number of benzene rings is 1. The number of carbonyl (C=O) groups excluding carboxylic acids is 1. The summed E-state index contributed by atoms with van der Waals surface area (Å²) in [5, 5.41) is 3.03. The third kappa shape index (κ3) is 2.85. The van der Waals surface area contributed by atoms with E-state index in [1.807, 2.05) is 26.0 Å². The molecule has 0 radical (unpaired) electrons. The molecule has 0 saturated heterocycles. The minimum absolute atomic E-state index is 0.0831. The predicted molar refractivity (Wildman–Crippen MR) is 77.7 cm³/mol. The number of amides is 1. The lowest BCUT2D eigenvalue weighted by Gasteiger charge is -2.10. The highest BCUT2D eigenvalue weighted by atomic mass is 35.5. The predicted octanol–water partition coefficient (Wildman–Crippen LogP) is 3.13. The first-order valence-electron chi connectivity index (χ1n) is 6.10. The second-order valence-corrected chi connectivity index (χ2v) is 5.30. The fraction of sp³-hybridized carbons (Fsp3) is 0.385. The lowest BCUT2D eigenvalue weighted by Crippen LogP contribution is -2.27. The van der Waals surface area contributed by atoms with Crippen LogP contribution in [0.4, 0.5) is 0 Å². The van der Waals surface area contributed by atoms with Crippen LogP contribution in [0.3, 0.4) is 0 Å². The Labute approximate surface area is 121 Å². The van der Waals surface area contributed by atoms with E-state index < -0.39 is 0 Å². The number of carbonyl (C=O) groups is 1. The quantitative estimate of drug-likeness (QED) is 0.882. The normalized spacial score (nSPS) is 12.6. The van der Waals surface area contributed by atoms with Gasteiger partial charge in [-0.2, -0.15) is 0 Å². The highest BCUT2D eigenvalue weighted by Crippen LogP contribution is 2.29. The molecule has 2 aromatic rings. The Balaban J connectivity index is 2.54. The average Bonchev–Trinajstić information content (AvgIpc) is 2.70. The summed E-state index contributed by atoms with van der Waals surface area (Å²) in [6.45, 7) is 4.46. The second-order valence-electron chi connectivity index (χ2n) is 4.23. The first kappa shape index (κ1) is 14.2. The molecule has 0 fully saturated rings. The molecule has 4 nitrogen and oxygen atoms in total. The fourth-order valence-electron chi connectivity index (χ4n) is 2.02. The van der Waals surface area contributed by atoms with Gasteiger partial charge in [0.2, 0.25) is 5.91 Å². The number of para-hydroxylation sites is 1. The van der Waals surface area contributed by atoms with Crippen LogP contribution < -0.4 is 5.32 Å². The van der Waals surface area contributed by atoms with Gasteiger partial charge in [-0.3, -0.25) is 4.79 Å². The lowest BCUT2D eigenvalue weighted by molar-refractivity contribution is -0.121. The molecule has 102 valence electrons. The number of imidazole rings is 1. The van der Waals surface area contributed by atoms with Crippen LogP contribution in [-0.4, -0.2) is 22.0 Å². The van der Waals surface area contributed by atoms with E-state index in [1.165, 1.54) is 0 Å². The van der Waals surface area contributed by atoms with Crippen LogP contribution in [-0.2, 0) is 11.3 Å². The van der Waals surface area contributed by atoms with Gasteiger partial charge in [0.05, 0.1) is 21.4 Å². The zero-order chi connectivity index (χ0) is 14.0. The van der Waals surface area contributed by atoms with Gasteiger partial charge in [0.25, 0.3) is 0 Å². The van der Waals surface area contributed by atoms with E-state index in [0.29, 0.717) is 17.4 Å². The third-order valence-electron chi connectivity index (χ3n) is 2.78. The molecule has 1 amide bonds. The summed E-state index contributed by atoms with van der Waals surface area (Å²) < 4.78 is 1.78. The summed E-state index contributed by atoms with van der Waals surface area (Å²) in [7, 11) is 0. The number of alkyl halides is 1. The minimum Gasteiger partial charge on any atom is -0.355 e. The van der Waals surface area contributed by atoms with Crippen molar-refractivity contribution >= 4 is 40.1 Å². The Bertz CT molecular complexity index is 607. The molecule has 1 atom stereocenters. The SMILES string of the molecule is CCNC(=O)Cn1c(C(C)Cl)nc2cccc(Cl)c21. The Morgan fingerprint density at radius 3 is 2.89 bits per heavy atom. The van der Waals surface area contributed by atoms with Crippen molar-refractivity contribution in [3.8, 4) is 0 Å². The molecule has 1 aromatic heterocycles. The van der Waals surface area contributed by atoms with Crippen molar-refractivity contribution < 1.29 is 4.79 Å². The summed E-state index contributed by atoms with van der Waals surface area (Å²) in [4.78, 5) is 16.2. The second kappa shape index (κ2) is 5.80. The Morgan fingerprint density at radius 1 is 1.53 bits per heavy atom. The number of aromatic nitrogens is 2. The summed E-state index contributed by atoms with van der Waals surface area (Å²) in [5.74, 6) is 0.566. The Morgan fingerprint density at radius 2 is 2.26 bits per heavy atom. The van der Waals surface area contributed by atoms with Crippen LogP contribution >= 0.6 is 23.2 Å². The maximum absolute atomic E-state index is 11.8. The third-order valence-corrected chi connectivity index (χ3v) is 3.28. The van der Waals surface area contributed by atoms with Crippen molar-refractivity contribution in [3.63, 3.8) is 0 Å². The topological polar surface area (TPSA) is 46.9 Å². The molecular formula is C13H15Cl2N3O. The van der Waals surface area contributed by atoms with Gasteiger partial charge in [-0.05, 0) is 26.0 Å². The van der Waals surface area contributed by atoms with Gasteiger partial charge < -0.3 is 9.88 Å². The van der Waals surface area contributed by atoms with Gasteiger partial charge in [0, 0.05) is 6.54 Å². The fourth-order valence-corrected chi connectivity index (χ4v) is 2.46. The van der Waals surface area contributed by atoms with Gasteiger partial charge in [-0.1, -0.05) is 17.7 Å². The summed E-state index contributed by atoms with van der Waals surface area (Å²) in [5.41, 5.74) is 1.50. The standard InChI is InChI=1S/C13H15Cl2N3O/c1-3-16-11(19)7-18-12-9(15)5-4-6-10(12)17-13(18)8(2)14/h4-6,8H,3,7H2,1-2H3,(H,16,19). The molecule has 1 heterocycles. The van der Waals surface area contributed by atoms with Gasteiger partial charge in [-0.25, -0.2) is 4.98 Å². The van der Waals surface area contributed by atoms with Crippen molar-refractivity contribution in [3.05, 3.63) is 29.0 Å². The highest BCUT2D eigenvalue weighted by molar-refractivity contribution is 6.35. The minimum atomic E-state index is -0.294. The number of nitrogens with zero attached hydrogens (tertiary/aromatic N) is 2. The first-order chi connectivity index (χ1) is 9.04. The molecule has 0 aliphatic heterocycles. The number of hydrogen-bond acceptors (Lipinski definition) is 2. The monoisotopic (exact) mass is 299 g/mol. The van der Waals surface area contributed by atoms with E-state index in [2.05, 4.69) is 10.3 Å². The molecule has 1 unspecified atom stereocenters. The van der Waals surface area contributed by atoms with Gasteiger partial charge in [-0.15, -0.1) is 11.6 Å². The van der Waals surface area contributed by atoms with E-state index >= 15 is 0 Å². The average molecular weight is 300 g/mol. The number of halogens is 2. The van der Waals surface area contributed by atoms with Crippen molar-refractivity contribution in [1.82, 2.24) is 14.9 Å². The molecule has 0 bridgehead atoms. The maximum Gasteiger partial charge on any atom is 0.239 e. The molecule has 2 rings (SSSR count). The Kier molecular flexibility index (Phi) is 4.32. The van der Waals surface area contributed by atoms with Crippen LogP contribution in [0.5, 0.6) is 0 Å². The summed E-state index contributed by atoms with van der Waals surface area (Å²) >= 11 is 12.3. The van der Waals surface area contributed by atoms with Crippen molar-refractivity contribution in [2.24, 2.45) is 0 Å². The molecule has 1 N–H and O–H groups in total. The van der Waals surface area contributed by atoms with Crippen LogP contribution in [0.15, 0.2) is 18.2 Å². The smallest absolute Gasteiger partial charge is 0.239 e. The molecule has 19 heavy (non-hydrogen) atoms. The molecule has 6 heteroatoms. The number of fused-ring (bicyclic) bond motifs is 1. The first-order valence-corrected chi connectivity index (χ1v) is 6.91. The molecule has 0 aliphatic carbocycles. The largest absolute Gasteiger partial charge is 0.355 e. The van der Waals surface area contributed by atoms with Crippen molar-refractivity contribution in [2.75, 3.05) is 6.54 Å². The van der Waals surface area contributed by atoms with Gasteiger partial charge in [0.1, 0.15) is 12.4 Å². The zero-order valence-electron chi connectivity index (χ0n) is 10.8. The van der Waals surface area contributed by atoms with Gasteiger partial charge >= 0.3 is 0 Å². The number of nitrogens with one attached hydrogen (secondary N) is 1. The van der Waals surface area contributed by atoms with Gasteiger partial charge in [0.15, 0.2) is 0 Å². The summed E-state index contributed by atoms with van der Waals surface area (Å²) in [6.07, 6.45) is 0. The van der Waals surface area contributed by atoms with Crippen molar-refractivity contribution in [1.29, 1.82) is 0 Å². The number of rotatable bonds is 4. The van der Waals surface area contributed by atoms with E-state index in [0.717, 1.165) is 11.0 Å². The molecule has 0 saturated carbocycles. The summed E-state index contributed by atoms with van der Waals surface area (Å²) in [6, 6.07) is 5.47. The van der Waals surface area contributed by atoms with Crippen LogP contribution in [0.1, 0.15) is 25.0 Å². The van der Waals surface area contributed by atoms with Crippen LogP contribution in [0.25, 0.3) is 11.0 Å². The molecule has 1 aromatic carbocycles. The van der Waals surface area contributed by atoms with Crippen LogP contribution in [0.2, 0.25) is 5.02 Å². The Hall–Kier alpha value is -1.26. The highest BCUT2D eigenvalue weighted by Gasteiger charge is 2.18. The molecule has 0 spiro atoms. The van der Waals surface area contributed by atoms with Crippen LogP contribution in [0, 0.1) is 0 Å². The lowest BCUT2D eigenvalue weighted by atomic mass is 10.3. The van der Waals surface area contributed by atoms with E-state index in [-0.39, 0.29) is 17.8 Å². The van der Waals surface area contributed by atoms with E-state index in [9.17, 15) is 4.79 Å². The van der Waals surface area contributed by atoms with Crippen molar-refractivity contribution in [2.45, 2.75) is 25.8 Å². The van der Waals surface area contributed by atoms with E-state index in [1.54, 1.807) is 10.6 Å². The molecular weight excluding hydrogens is 285 g/mol. The number of likely N-dealkylation sites (N-methyl/N-ethyl adjacent to an activating group) is 1. The maximum atomic E-state index is 11.8. The van der Waals surface area contributed by atoms with E-state index in [4.69, 9.17) is 23.2 Å².